The van der Waals surface area contributed by atoms with Gasteiger partial charge in [0.05, 0.1) is 23.9 Å². The van der Waals surface area contributed by atoms with Crippen molar-refractivity contribution in [3.8, 4) is 11.5 Å². The molecule has 35 heavy (non-hydrogen) atoms. The highest BCUT2D eigenvalue weighted by molar-refractivity contribution is 7.26. The summed E-state index contributed by atoms with van der Waals surface area (Å²) in [6.07, 6.45) is 3.21. The van der Waals surface area contributed by atoms with Crippen LogP contribution in [0.3, 0.4) is 0 Å². The Labute approximate surface area is 210 Å². The molecule has 0 radical (unpaired) electrons. The van der Waals surface area contributed by atoms with Crippen molar-refractivity contribution in [2.24, 2.45) is 5.92 Å². The molecule has 6 rings (SSSR count). The van der Waals surface area contributed by atoms with Gasteiger partial charge in [-0.25, -0.2) is 9.78 Å². The molecule has 0 aliphatic carbocycles. The Bertz CT molecular complexity index is 1530. The lowest BCUT2D eigenvalue weighted by atomic mass is 9.86. The number of pyridine rings is 1. The molecule has 1 fully saturated rings. The van der Waals surface area contributed by atoms with Gasteiger partial charge in [0.1, 0.15) is 21.4 Å². The third-order valence-electron chi connectivity index (χ3n) is 7.17. The van der Waals surface area contributed by atoms with E-state index < -0.39 is 0 Å². The maximum Gasteiger partial charge on any atom is 0.328 e. The molecule has 182 valence electrons. The number of hydrogen-bond acceptors (Lipinski definition) is 7. The van der Waals surface area contributed by atoms with Crippen LogP contribution in [-0.2, 0) is 6.54 Å². The molecule has 0 saturated carbocycles. The Morgan fingerprint density at radius 1 is 1.20 bits per heavy atom. The Balaban J connectivity index is 1.13. The van der Waals surface area contributed by atoms with Gasteiger partial charge in [-0.2, -0.15) is 0 Å². The molecular weight excluding hydrogens is 488 g/mol. The second-order valence-corrected chi connectivity index (χ2v) is 10.6. The van der Waals surface area contributed by atoms with Crippen molar-refractivity contribution in [3.05, 3.63) is 62.0 Å². The number of halogens is 1. The maximum absolute atomic E-state index is 13.1. The molecule has 0 unspecified atom stereocenters. The van der Waals surface area contributed by atoms with Gasteiger partial charge < -0.3 is 19.4 Å². The molecular formula is C25H25ClN4O4S. The van der Waals surface area contributed by atoms with E-state index in [2.05, 4.69) is 14.9 Å². The van der Waals surface area contributed by atoms with Crippen molar-refractivity contribution in [1.82, 2.24) is 19.4 Å². The highest BCUT2D eigenvalue weighted by Gasteiger charge is 2.40. The maximum atomic E-state index is 13.1. The first kappa shape index (κ1) is 22.6. The topological polar surface area (TPSA) is 89.5 Å². The van der Waals surface area contributed by atoms with Crippen molar-refractivity contribution in [2.75, 3.05) is 33.4 Å². The summed E-state index contributed by atoms with van der Waals surface area (Å²) >= 11 is 7.47. The minimum Gasteiger partial charge on any atom is -0.496 e. The zero-order valence-corrected chi connectivity index (χ0v) is 20.8. The van der Waals surface area contributed by atoms with E-state index in [-0.39, 0.29) is 11.2 Å². The van der Waals surface area contributed by atoms with Crippen LogP contribution < -0.4 is 20.7 Å². The van der Waals surface area contributed by atoms with Crippen LogP contribution in [0.2, 0.25) is 5.15 Å². The minimum absolute atomic E-state index is 0.269. The summed E-state index contributed by atoms with van der Waals surface area (Å²) in [5.74, 6) is 2.67. The molecule has 3 aromatic heterocycles. The summed E-state index contributed by atoms with van der Waals surface area (Å²) in [4.78, 5) is 35.2. The fourth-order valence-corrected chi connectivity index (χ4v) is 6.85. The average Bonchev–Trinajstić information content (AvgIpc) is 3.45. The number of nitrogens with zero attached hydrogens (tertiary/aromatic N) is 3. The number of likely N-dealkylation sites (tertiary alicyclic amines) is 1. The second-order valence-electron chi connectivity index (χ2n) is 9.19. The number of ether oxygens (including phenoxy) is 2. The standard InChI is InChI=1S/C25H25ClN4O4S/c1-33-17-5-4-6-18-19(17)16-12-29(11-14(16)13-34-18)9-2-3-10-30-24(31)22-20(28-25(30)32)15-7-8-27-23(26)21(15)35-22/h4-8,14,16H,2-3,9-13H2,1H3,(H,28,32)/t14-,16-/m1/s1. The minimum atomic E-state index is -0.386. The SMILES string of the molecule is COc1cccc2c1[C@@H]1CN(CCCCn3c(=O)[nH]c4c(sc5c(Cl)nccc54)c3=O)C[C@@H]1CO2. The number of hydrogen-bond donors (Lipinski definition) is 1. The smallest absolute Gasteiger partial charge is 0.328 e. The molecule has 5 heterocycles. The van der Waals surface area contributed by atoms with Gasteiger partial charge in [0.25, 0.3) is 5.56 Å². The summed E-state index contributed by atoms with van der Waals surface area (Å²) in [6.45, 7) is 3.96. The van der Waals surface area contributed by atoms with E-state index in [4.69, 9.17) is 21.1 Å². The van der Waals surface area contributed by atoms with Crippen LogP contribution in [0.15, 0.2) is 40.1 Å². The van der Waals surface area contributed by atoms with Crippen LogP contribution in [0.5, 0.6) is 11.5 Å². The van der Waals surface area contributed by atoms with E-state index >= 15 is 0 Å². The van der Waals surface area contributed by atoms with E-state index in [1.165, 1.54) is 21.5 Å². The van der Waals surface area contributed by atoms with E-state index in [0.717, 1.165) is 56.0 Å². The number of fused-ring (bicyclic) bond motifs is 6. The van der Waals surface area contributed by atoms with Gasteiger partial charge in [-0.05, 0) is 37.6 Å². The molecule has 4 aromatic rings. The molecule has 8 nitrogen and oxygen atoms in total. The molecule has 1 N–H and O–H groups in total. The number of rotatable bonds is 6. The normalized spacial score (nSPS) is 19.6. The molecule has 1 aromatic carbocycles. The molecule has 2 atom stereocenters. The summed E-state index contributed by atoms with van der Waals surface area (Å²) in [5.41, 5.74) is 1.06. The fourth-order valence-electron chi connectivity index (χ4n) is 5.49. The molecule has 0 bridgehead atoms. The average molecular weight is 513 g/mol. The molecule has 2 aliphatic rings. The molecule has 2 aliphatic heterocycles. The lowest BCUT2D eigenvalue weighted by molar-refractivity contribution is 0.209. The predicted molar refractivity (Wildman–Crippen MR) is 137 cm³/mol. The van der Waals surface area contributed by atoms with Gasteiger partial charge in [-0.15, -0.1) is 11.3 Å². The predicted octanol–water partition coefficient (Wildman–Crippen LogP) is 3.85. The Morgan fingerprint density at radius 2 is 2.06 bits per heavy atom. The highest BCUT2D eigenvalue weighted by atomic mass is 35.5. The van der Waals surface area contributed by atoms with Crippen molar-refractivity contribution in [2.45, 2.75) is 25.3 Å². The number of nitrogens with one attached hydrogen (secondary N) is 1. The van der Waals surface area contributed by atoms with Crippen molar-refractivity contribution in [1.29, 1.82) is 0 Å². The number of benzene rings is 1. The lowest BCUT2D eigenvalue weighted by Gasteiger charge is -2.29. The number of thiophene rings is 1. The van der Waals surface area contributed by atoms with Crippen LogP contribution in [-0.4, -0.2) is 52.8 Å². The third kappa shape index (κ3) is 3.82. The van der Waals surface area contributed by atoms with Crippen molar-refractivity contribution >= 4 is 43.2 Å². The van der Waals surface area contributed by atoms with Gasteiger partial charge in [-0.3, -0.25) is 9.36 Å². The first-order chi connectivity index (χ1) is 17.0. The van der Waals surface area contributed by atoms with Gasteiger partial charge in [0.15, 0.2) is 0 Å². The first-order valence-electron chi connectivity index (χ1n) is 11.8. The number of aromatic nitrogens is 3. The lowest BCUT2D eigenvalue weighted by Crippen LogP contribution is -2.34. The number of methoxy groups -OCH3 is 1. The molecule has 0 amide bonds. The summed E-state index contributed by atoms with van der Waals surface area (Å²) in [6, 6.07) is 7.76. The zero-order valence-electron chi connectivity index (χ0n) is 19.3. The van der Waals surface area contributed by atoms with Crippen LogP contribution in [0, 0.1) is 5.92 Å². The highest BCUT2D eigenvalue weighted by Crippen LogP contribution is 2.46. The van der Waals surface area contributed by atoms with E-state index in [1.807, 2.05) is 18.2 Å². The zero-order chi connectivity index (χ0) is 24.1. The van der Waals surface area contributed by atoms with E-state index in [0.29, 0.717) is 38.5 Å². The largest absolute Gasteiger partial charge is 0.496 e. The van der Waals surface area contributed by atoms with Gasteiger partial charge in [0.2, 0.25) is 0 Å². The van der Waals surface area contributed by atoms with E-state index in [9.17, 15) is 9.59 Å². The Hall–Kier alpha value is -2.88. The summed E-state index contributed by atoms with van der Waals surface area (Å²) in [7, 11) is 1.71. The van der Waals surface area contributed by atoms with Crippen LogP contribution in [0.25, 0.3) is 20.3 Å². The third-order valence-corrected chi connectivity index (χ3v) is 8.77. The van der Waals surface area contributed by atoms with Crippen molar-refractivity contribution in [3.63, 3.8) is 0 Å². The quantitative estimate of drug-likeness (QED) is 0.312. The summed E-state index contributed by atoms with van der Waals surface area (Å²) in [5, 5.41) is 1.09. The number of unbranched alkanes of at least 4 members (excludes halogenated alkanes) is 1. The van der Waals surface area contributed by atoms with Gasteiger partial charge in [0, 0.05) is 48.6 Å². The number of H-pyrrole nitrogens is 1. The Kier molecular flexibility index (Phi) is 5.78. The van der Waals surface area contributed by atoms with Crippen LogP contribution in [0.1, 0.15) is 24.3 Å². The van der Waals surface area contributed by atoms with E-state index in [1.54, 1.807) is 19.4 Å². The van der Waals surface area contributed by atoms with Gasteiger partial charge in [-0.1, -0.05) is 17.7 Å². The van der Waals surface area contributed by atoms with Crippen LogP contribution >= 0.6 is 22.9 Å². The molecule has 0 spiro atoms. The summed E-state index contributed by atoms with van der Waals surface area (Å²) < 4.78 is 14.1. The van der Waals surface area contributed by atoms with Gasteiger partial charge >= 0.3 is 5.69 Å². The monoisotopic (exact) mass is 512 g/mol. The second kappa shape index (κ2) is 8.96. The van der Waals surface area contributed by atoms with Crippen LogP contribution in [0.4, 0.5) is 0 Å². The number of aromatic amines is 1. The first-order valence-corrected chi connectivity index (χ1v) is 13.0. The Morgan fingerprint density at radius 3 is 2.91 bits per heavy atom. The fraction of sp³-hybridized carbons (Fsp3) is 0.400. The molecule has 10 heteroatoms. The molecule has 1 saturated heterocycles. The van der Waals surface area contributed by atoms with Crippen molar-refractivity contribution < 1.29 is 9.47 Å².